The van der Waals surface area contributed by atoms with E-state index < -0.39 is 0 Å². The van der Waals surface area contributed by atoms with Crippen molar-refractivity contribution < 1.29 is 4.79 Å². The molecular formula is C24H27N5OS. The molecule has 0 spiro atoms. The highest BCUT2D eigenvalue weighted by molar-refractivity contribution is 7.99. The van der Waals surface area contributed by atoms with Crippen molar-refractivity contribution in [1.29, 1.82) is 0 Å². The van der Waals surface area contributed by atoms with E-state index in [4.69, 9.17) is 0 Å². The molecule has 0 unspecified atom stereocenters. The van der Waals surface area contributed by atoms with Crippen LogP contribution in [0.3, 0.4) is 0 Å². The summed E-state index contributed by atoms with van der Waals surface area (Å²) in [5.41, 5.74) is 5.10. The number of thioether (sulfide) groups is 1. The molecule has 1 amide bonds. The highest BCUT2D eigenvalue weighted by atomic mass is 32.2. The highest BCUT2D eigenvalue weighted by Gasteiger charge is 2.30. The van der Waals surface area contributed by atoms with Crippen molar-refractivity contribution in [2.75, 3.05) is 5.75 Å². The van der Waals surface area contributed by atoms with Crippen molar-refractivity contribution in [2.45, 2.75) is 62.7 Å². The molecule has 1 fully saturated rings. The van der Waals surface area contributed by atoms with Gasteiger partial charge >= 0.3 is 0 Å². The molecule has 2 aromatic heterocycles. The highest BCUT2D eigenvalue weighted by Crippen LogP contribution is 2.41. The quantitative estimate of drug-likeness (QED) is 0.555. The molecule has 0 bridgehead atoms. The summed E-state index contributed by atoms with van der Waals surface area (Å²) in [5.74, 6) is 1.21. The first-order valence-corrected chi connectivity index (χ1v) is 12.1. The van der Waals surface area contributed by atoms with Crippen LogP contribution in [-0.4, -0.2) is 31.4 Å². The van der Waals surface area contributed by atoms with Gasteiger partial charge in [-0.2, -0.15) is 0 Å². The fourth-order valence-corrected chi connectivity index (χ4v) is 5.07. The minimum absolute atomic E-state index is 0.00555. The molecule has 160 valence electrons. The number of carbonyl (C=O) groups is 1. The van der Waals surface area contributed by atoms with E-state index >= 15 is 0 Å². The number of hydrogen-bond acceptors (Lipinski definition) is 5. The Hall–Kier alpha value is -2.67. The number of nitrogens with zero attached hydrogens (tertiary/aromatic N) is 4. The Bertz CT molecular complexity index is 1080. The lowest BCUT2D eigenvalue weighted by molar-refractivity contribution is -0.119. The lowest BCUT2D eigenvalue weighted by atomic mass is 9.89. The molecule has 6 nitrogen and oxygen atoms in total. The molecule has 31 heavy (non-hydrogen) atoms. The number of amides is 1. The van der Waals surface area contributed by atoms with Gasteiger partial charge in [-0.25, -0.2) is 0 Å². The number of fused-ring (bicyclic) bond motifs is 1. The van der Waals surface area contributed by atoms with Crippen LogP contribution >= 0.6 is 11.8 Å². The van der Waals surface area contributed by atoms with Crippen LogP contribution in [0.5, 0.6) is 0 Å². The van der Waals surface area contributed by atoms with E-state index in [1.54, 1.807) is 12.4 Å². The minimum Gasteiger partial charge on any atom is -0.349 e. The third-order valence-corrected chi connectivity index (χ3v) is 7.04. The number of carbonyl (C=O) groups excluding carboxylic acids is 1. The Morgan fingerprint density at radius 1 is 1.13 bits per heavy atom. The number of hydrogen-bond donors (Lipinski definition) is 1. The predicted octanol–water partition coefficient (Wildman–Crippen LogP) is 4.52. The summed E-state index contributed by atoms with van der Waals surface area (Å²) in [5, 5.41) is 12.8. The molecule has 7 heteroatoms. The summed E-state index contributed by atoms with van der Waals surface area (Å²) in [7, 11) is 0. The van der Waals surface area contributed by atoms with Gasteiger partial charge in [-0.15, -0.1) is 10.2 Å². The van der Waals surface area contributed by atoms with E-state index in [1.165, 1.54) is 47.7 Å². The molecule has 2 aliphatic carbocycles. The van der Waals surface area contributed by atoms with Crippen LogP contribution in [0.25, 0.3) is 11.4 Å². The largest absolute Gasteiger partial charge is 0.349 e. The van der Waals surface area contributed by atoms with Crippen molar-refractivity contribution in [3.63, 3.8) is 0 Å². The zero-order valence-corrected chi connectivity index (χ0v) is 18.6. The van der Waals surface area contributed by atoms with Crippen LogP contribution in [-0.2, 0) is 17.6 Å². The molecule has 0 saturated heterocycles. The normalized spacial score (nSPS) is 16.5. The summed E-state index contributed by atoms with van der Waals surface area (Å²) in [6.07, 6.45) is 10.7. The molecule has 5 rings (SSSR count). The summed E-state index contributed by atoms with van der Waals surface area (Å²) in [6, 6.07) is 11.0. The Morgan fingerprint density at radius 3 is 2.68 bits per heavy atom. The molecule has 2 aliphatic rings. The average molecular weight is 434 g/mol. The van der Waals surface area contributed by atoms with Gasteiger partial charge in [0, 0.05) is 24.0 Å². The molecule has 1 N–H and O–H groups in total. The van der Waals surface area contributed by atoms with Crippen LogP contribution in [0.4, 0.5) is 0 Å². The maximum Gasteiger partial charge on any atom is 0.230 e. The van der Waals surface area contributed by atoms with Crippen molar-refractivity contribution in [3.8, 4) is 11.4 Å². The number of pyridine rings is 1. The van der Waals surface area contributed by atoms with E-state index in [0.29, 0.717) is 11.8 Å². The van der Waals surface area contributed by atoms with E-state index in [2.05, 4.69) is 50.2 Å². The van der Waals surface area contributed by atoms with Crippen LogP contribution < -0.4 is 5.32 Å². The van der Waals surface area contributed by atoms with Gasteiger partial charge in [-0.3, -0.25) is 14.3 Å². The van der Waals surface area contributed by atoms with E-state index in [9.17, 15) is 4.79 Å². The number of aryl methyl sites for hydroxylation is 2. The van der Waals surface area contributed by atoms with Crippen molar-refractivity contribution in [3.05, 3.63) is 59.4 Å². The second-order valence-electron chi connectivity index (χ2n) is 8.46. The maximum absolute atomic E-state index is 12.7. The van der Waals surface area contributed by atoms with Gasteiger partial charge in [0.1, 0.15) is 0 Å². The first-order valence-electron chi connectivity index (χ1n) is 11.1. The number of nitrogens with one attached hydrogen (secondary N) is 1. The molecule has 1 atom stereocenters. The van der Waals surface area contributed by atoms with Gasteiger partial charge in [0.15, 0.2) is 11.0 Å². The predicted molar refractivity (Wildman–Crippen MR) is 122 cm³/mol. The molecular weight excluding hydrogens is 406 g/mol. The van der Waals surface area contributed by atoms with Crippen LogP contribution in [0.1, 0.15) is 61.4 Å². The molecule has 2 heterocycles. The summed E-state index contributed by atoms with van der Waals surface area (Å²) < 4.78 is 2.18. The number of rotatable bonds is 7. The van der Waals surface area contributed by atoms with Gasteiger partial charge in [0.25, 0.3) is 0 Å². The fraction of sp³-hybridized carbons (Fsp3) is 0.417. The second kappa shape index (κ2) is 8.83. The first-order chi connectivity index (χ1) is 15.2. The maximum atomic E-state index is 12.7. The van der Waals surface area contributed by atoms with Gasteiger partial charge < -0.3 is 5.32 Å². The van der Waals surface area contributed by atoms with Crippen LogP contribution in [0.2, 0.25) is 0 Å². The molecule has 1 saturated carbocycles. The van der Waals surface area contributed by atoms with Crippen molar-refractivity contribution in [2.24, 2.45) is 0 Å². The minimum atomic E-state index is -0.00555. The summed E-state index contributed by atoms with van der Waals surface area (Å²) in [4.78, 5) is 16.8. The monoisotopic (exact) mass is 433 g/mol. The van der Waals surface area contributed by atoms with Crippen molar-refractivity contribution in [1.82, 2.24) is 25.1 Å². The lowest BCUT2D eigenvalue weighted by Gasteiger charge is -2.20. The molecule has 1 aromatic carbocycles. The van der Waals surface area contributed by atoms with E-state index in [-0.39, 0.29) is 11.9 Å². The average Bonchev–Trinajstić information content (AvgIpc) is 3.56. The molecule has 3 aromatic rings. The fourth-order valence-electron chi connectivity index (χ4n) is 4.25. The lowest BCUT2D eigenvalue weighted by Crippen LogP contribution is -2.28. The van der Waals surface area contributed by atoms with Gasteiger partial charge in [0.2, 0.25) is 5.91 Å². The van der Waals surface area contributed by atoms with Crippen LogP contribution in [0, 0.1) is 0 Å². The Morgan fingerprint density at radius 2 is 1.90 bits per heavy atom. The zero-order valence-electron chi connectivity index (χ0n) is 17.8. The van der Waals surface area contributed by atoms with Gasteiger partial charge in [-0.1, -0.05) is 30.0 Å². The standard InChI is InChI=1S/C24H27N5OS/c1-16(19-7-6-17-4-2-3-5-20(17)14-19)26-22(30)15-31-24-28-27-23(29(24)21-8-9-21)18-10-12-25-13-11-18/h6-7,10-14,16,21H,2-5,8-9,15H2,1H3,(H,26,30)/t16-/m0/s1. The SMILES string of the molecule is C[C@H](NC(=O)CSc1nnc(-c2ccncc2)n1C1CC1)c1ccc2c(c1)CCCC2. The van der Waals surface area contributed by atoms with Gasteiger partial charge in [0.05, 0.1) is 11.8 Å². The Balaban J connectivity index is 1.23. The molecule has 0 aliphatic heterocycles. The summed E-state index contributed by atoms with van der Waals surface area (Å²) >= 11 is 1.46. The smallest absolute Gasteiger partial charge is 0.230 e. The van der Waals surface area contributed by atoms with Crippen molar-refractivity contribution >= 4 is 17.7 Å². The van der Waals surface area contributed by atoms with Crippen LogP contribution in [0.15, 0.2) is 47.9 Å². The zero-order chi connectivity index (χ0) is 21.2. The summed E-state index contributed by atoms with van der Waals surface area (Å²) in [6.45, 7) is 2.06. The number of aromatic nitrogens is 4. The Kier molecular flexibility index (Phi) is 5.76. The first kappa shape index (κ1) is 20.2. The number of benzene rings is 1. The Labute approximate surface area is 186 Å². The van der Waals surface area contributed by atoms with E-state index in [1.807, 2.05) is 12.1 Å². The third kappa shape index (κ3) is 4.51. The third-order valence-electron chi connectivity index (χ3n) is 6.10. The van der Waals surface area contributed by atoms with Gasteiger partial charge in [-0.05, 0) is 74.3 Å². The molecule has 0 radical (unpaired) electrons. The second-order valence-corrected chi connectivity index (χ2v) is 9.40. The topological polar surface area (TPSA) is 72.7 Å². The van der Waals surface area contributed by atoms with E-state index in [0.717, 1.165) is 35.8 Å².